The molecule has 2 heteroatoms. The molecule has 0 saturated carbocycles. The van der Waals surface area contributed by atoms with E-state index in [0.717, 1.165) is 17.6 Å². The summed E-state index contributed by atoms with van der Waals surface area (Å²) in [6.45, 7) is 6.27. The van der Waals surface area contributed by atoms with E-state index in [-0.39, 0.29) is 11.9 Å². The number of Topliss-reactive ketones (excluding diaryl/α,β-unsaturated/α-hetero) is 1. The maximum Gasteiger partial charge on any atom is 0.170 e. The molecule has 0 aromatic heterocycles. The molecule has 1 aliphatic rings. The average Bonchev–Trinajstić information content (AvgIpc) is 2.27. The third-order valence-electron chi connectivity index (χ3n) is 2.76. The van der Waals surface area contributed by atoms with Gasteiger partial charge in [-0.3, -0.25) is 4.79 Å². The number of allylic oxidation sites excluding steroid dienone is 1. The van der Waals surface area contributed by atoms with Gasteiger partial charge in [-0.15, -0.1) is 0 Å². The molecule has 2 nitrogen and oxygen atoms in total. The Morgan fingerprint density at radius 2 is 2.25 bits per heavy atom. The normalized spacial score (nSPS) is 18.9. The number of ether oxygens (including phenoxy) is 1. The Kier molecular flexibility index (Phi) is 3.20. The third kappa shape index (κ3) is 2.22. The lowest BCUT2D eigenvalue weighted by molar-refractivity contribution is -0.131. The summed E-state index contributed by atoms with van der Waals surface area (Å²) < 4.78 is 5.58. The van der Waals surface area contributed by atoms with Gasteiger partial charge in [0.1, 0.15) is 6.10 Å². The van der Waals surface area contributed by atoms with E-state index in [9.17, 15) is 4.79 Å². The monoisotopic (exact) mass is 216 g/mol. The Bertz CT molecular complexity index is 420. The molecular weight excluding hydrogens is 200 g/mol. The summed E-state index contributed by atoms with van der Waals surface area (Å²) in [5.74, 6) is 0.111. The zero-order valence-corrected chi connectivity index (χ0v) is 9.53. The van der Waals surface area contributed by atoms with Crippen molar-refractivity contribution in [1.29, 1.82) is 0 Å². The van der Waals surface area contributed by atoms with Gasteiger partial charge in [-0.2, -0.15) is 0 Å². The van der Waals surface area contributed by atoms with Crippen LogP contribution in [0.3, 0.4) is 0 Å². The Balaban J connectivity index is 2.24. The summed E-state index contributed by atoms with van der Waals surface area (Å²) in [4.78, 5) is 12.0. The fourth-order valence-electron chi connectivity index (χ4n) is 2.05. The molecule has 0 amide bonds. The van der Waals surface area contributed by atoms with Gasteiger partial charge in [0.2, 0.25) is 0 Å². The minimum absolute atomic E-state index is 0.111. The highest BCUT2D eigenvalue weighted by molar-refractivity contribution is 5.86. The first-order valence-electron chi connectivity index (χ1n) is 5.55. The van der Waals surface area contributed by atoms with Crippen molar-refractivity contribution in [3.63, 3.8) is 0 Å². The van der Waals surface area contributed by atoms with Gasteiger partial charge < -0.3 is 4.74 Å². The SMILES string of the molecule is C=C(C)CC(=O)C1OCCc2ccccc21. The van der Waals surface area contributed by atoms with Crippen LogP contribution < -0.4 is 0 Å². The topological polar surface area (TPSA) is 26.3 Å². The largest absolute Gasteiger partial charge is 0.365 e. The molecule has 0 spiro atoms. The van der Waals surface area contributed by atoms with Gasteiger partial charge in [-0.25, -0.2) is 0 Å². The van der Waals surface area contributed by atoms with Crippen molar-refractivity contribution in [2.45, 2.75) is 25.9 Å². The highest BCUT2D eigenvalue weighted by Crippen LogP contribution is 2.28. The van der Waals surface area contributed by atoms with Gasteiger partial charge in [0, 0.05) is 6.42 Å². The van der Waals surface area contributed by atoms with Gasteiger partial charge in [0.05, 0.1) is 6.61 Å². The van der Waals surface area contributed by atoms with Crippen molar-refractivity contribution in [3.8, 4) is 0 Å². The molecule has 1 aliphatic heterocycles. The number of carbonyl (C=O) groups excluding carboxylic acids is 1. The van der Waals surface area contributed by atoms with Gasteiger partial charge in [-0.05, 0) is 24.5 Å². The minimum Gasteiger partial charge on any atom is -0.365 e. The third-order valence-corrected chi connectivity index (χ3v) is 2.76. The maximum atomic E-state index is 12.0. The highest BCUT2D eigenvalue weighted by Gasteiger charge is 2.26. The zero-order chi connectivity index (χ0) is 11.5. The predicted molar refractivity (Wildman–Crippen MR) is 63.3 cm³/mol. The van der Waals surface area contributed by atoms with Crippen LogP contribution in [0, 0.1) is 0 Å². The second-order valence-corrected chi connectivity index (χ2v) is 4.30. The molecule has 84 valence electrons. The summed E-state index contributed by atoms with van der Waals surface area (Å²) in [6, 6.07) is 8.01. The van der Waals surface area contributed by atoms with Gasteiger partial charge in [0.25, 0.3) is 0 Å². The lowest BCUT2D eigenvalue weighted by Gasteiger charge is -2.25. The van der Waals surface area contributed by atoms with E-state index in [4.69, 9.17) is 4.74 Å². The molecule has 16 heavy (non-hydrogen) atoms. The van der Waals surface area contributed by atoms with Crippen LogP contribution in [0.15, 0.2) is 36.4 Å². The van der Waals surface area contributed by atoms with E-state index in [2.05, 4.69) is 12.6 Å². The van der Waals surface area contributed by atoms with Crippen LogP contribution >= 0.6 is 0 Å². The van der Waals surface area contributed by atoms with Crippen LogP contribution in [0.4, 0.5) is 0 Å². The molecule has 2 rings (SSSR count). The smallest absolute Gasteiger partial charge is 0.170 e. The Labute approximate surface area is 95.9 Å². The molecule has 0 radical (unpaired) electrons. The van der Waals surface area contributed by atoms with Crippen molar-refractivity contribution < 1.29 is 9.53 Å². The molecule has 0 fully saturated rings. The molecule has 1 atom stereocenters. The van der Waals surface area contributed by atoms with E-state index < -0.39 is 0 Å². The van der Waals surface area contributed by atoms with Crippen molar-refractivity contribution in [2.75, 3.05) is 6.61 Å². The number of rotatable bonds is 3. The Hall–Kier alpha value is -1.41. The van der Waals surface area contributed by atoms with Crippen LogP contribution in [0.5, 0.6) is 0 Å². The quantitative estimate of drug-likeness (QED) is 0.726. The van der Waals surface area contributed by atoms with Crippen molar-refractivity contribution in [1.82, 2.24) is 0 Å². The van der Waals surface area contributed by atoms with E-state index in [1.165, 1.54) is 5.56 Å². The van der Waals surface area contributed by atoms with Crippen molar-refractivity contribution in [2.24, 2.45) is 0 Å². The first-order chi connectivity index (χ1) is 7.68. The van der Waals surface area contributed by atoms with Crippen LogP contribution in [0.25, 0.3) is 0 Å². The number of hydrogen-bond donors (Lipinski definition) is 0. The summed E-state index contributed by atoms with van der Waals surface area (Å²) in [6.07, 6.45) is 0.910. The average molecular weight is 216 g/mol. The first kappa shape index (κ1) is 11.1. The molecule has 1 unspecified atom stereocenters. The molecular formula is C14H16O2. The Morgan fingerprint density at radius 1 is 1.50 bits per heavy atom. The van der Waals surface area contributed by atoms with E-state index in [0.29, 0.717) is 13.0 Å². The summed E-state index contributed by atoms with van der Waals surface area (Å²) in [7, 11) is 0. The maximum absolute atomic E-state index is 12.0. The molecule has 1 aromatic carbocycles. The van der Waals surface area contributed by atoms with Crippen LogP contribution in [0.1, 0.15) is 30.6 Å². The molecule has 1 aromatic rings. The molecule has 0 saturated heterocycles. The molecule has 0 bridgehead atoms. The highest BCUT2D eigenvalue weighted by atomic mass is 16.5. The van der Waals surface area contributed by atoms with Gasteiger partial charge in [0.15, 0.2) is 5.78 Å². The first-order valence-corrected chi connectivity index (χ1v) is 5.55. The summed E-state index contributed by atoms with van der Waals surface area (Å²) in [5, 5.41) is 0. The summed E-state index contributed by atoms with van der Waals surface area (Å²) >= 11 is 0. The standard InChI is InChI=1S/C14H16O2/c1-10(2)9-13(15)14-12-6-4-3-5-11(12)7-8-16-14/h3-6,14H,1,7-9H2,2H3. The molecule has 0 N–H and O–H groups in total. The number of hydrogen-bond acceptors (Lipinski definition) is 2. The van der Waals surface area contributed by atoms with Gasteiger partial charge in [-0.1, -0.05) is 36.4 Å². The van der Waals surface area contributed by atoms with Gasteiger partial charge >= 0.3 is 0 Å². The second-order valence-electron chi connectivity index (χ2n) is 4.30. The predicted octanol–water partition coefficient (Wildman–Crippen LogP) is 2.84. The number of fused-ring (bicyclic) bond motifs is 1. The van der Waals surface area contributed by atoms with E-state index in [1.54, 1.807) is 0 Å². The molecule has 1 heterocycles. The van der Waals surface area contributed by atoms with Crippen LogP contribution in [-0.2, 0) is 16.0 Å². The Morgan fingerprint density at radius 3 is 3.00 bits per heavy atom. The van der Waals surface area contributed by atoms with Crippen molar-refractivity contribution >= 4 is 5.78 Å². The molecule has 0 aliphatic carbocycles. The van der Waals surface area contributed by atoms with E-state index in [1.807, 2.05) is 25.1 Å². The minimum atomic E-state index is -0.387. The lowest BCUT2D eigenvalue weighted by atomic mass is 9.93. The number of carbonyl (C=O) groups is 1. The fourth-order valence-corrected chi connectivity index (χ4v) is 2.05. The van der Waals surface area contributed by atoms with E-state index >= 15 is 0 Å². The zero-order valence-electron chi connectivity index (χ0n) is 9.53. The lowest BCUT2D eigenvalue weighted by Crippen LogP contribution is -2.23. The number of ketones is 1. The second kappa shape index (κ2) is 4.62. The number of benzene rings is 1. The van der Waals surface area contributed by atoms with Crippen molar-refractivity contribution in [3.05, 3.63) is 47.5 Å². The summed E-state index contributed by atoms with van der Waals surface area (Å²) in [5.41, 5.74) is 3.14. The van der Waals surface area contributed by atoms with Crippen LogP contribution in [0.2, 0.25) is 0 Å². The fraction of sp³-hybridized carbons (Fsp3) is 0.357. The van der Waals surface area contributed by atoms with Crippen LogP contribution in [-0.4, -0.2) is 12.4 Å².